The molecular formula is C17H18N2O4S2. The zero-order valence-electron chi connectivity index (χ0n) is 13.8. The van der Waals surface area contributed by atoms with Crippen LogP contribution in [0.4, 0.5) is 4.79 Å². The van der Waals surface area contributed by atoms with E-state index >= 15 is 0 Å². The molecule has 0 unspecified atom stereocenters. The highest BCUT2D eigenvalue weighted by Gasteiger charge is 2.21. The van der Waals surface area contributed by atoms with Crippen LogP contribution in [-0.4, -0.2) is 47.0 Å². The monoisotopic (exact) mass is 378 g/mol. The summed E-state index contributed by atoms with van der Waals surface area (Å²) in [7, 11) is 1.62. The molecule has 25 heavy (non-hydrogen) atoms. The predicted molar refractivity (Wildman–Crippen MR) is 97.9 cm³/mol. The molecule has 0 aliphatic carbocycles. The van der Waals surface area contributed by atoms with Gasteiger partial charge in [-0.25, -0.2) is 4.98 Å². The maximum absolute atomic E-state index is 11.8. The van der Waals surface area contributed by atoms with E-state index in [4.69, 9.17) is 9.47 Å². The third kappa shape index (κ3) is 4.52. The van der Waals surface area contributed by atoms with Gasteiger partial charge in [-0.15, -0.1) is 11.3 Å². The number of hydrogen-bond donors (Lipinski definition) is 0. The van der Waals surface area contributed by atoms with Crippen LogP contribution in [0.3, 0.4) is 0 Å². The first-order valence-electron chi connectivity index (χ1n) is 7.82. The second-order valence-corrected chi connectivity index (χ2v) is 7.26. The number of benzene rings is 1. The Hall–Kier alpha value is -2.06. The third-order valence-corrected chi connectivity index (χ3v) is 5.52. The summed E-state index contributed by atoms with van der Waals surface area (Å²) in [6.45, 7) is 1.24. The van der Waals surface area contributed by atoms with Crippen LogP contribution < -0.4 is 4.74 Å². The van der Waals surface area contributed by atoms with E-state index in [2.05, 4.69) is 4.98 Å². The van der Waals surface area contributed by atoms with Crippen molar-refractivity contribution in [3.63, 3.8) is 0 Å². The number of ether oxygens (including phenoxy) is 2. The second kappa shape index (κ2) is 8.35. The van der Waals surface area contributed by atoms with E-state index in [1.165, 1.54) is 23.1 Å². The van der Waals surface area contributed by atoms with E-state index in [9.17, 15) is 9.59 Å². The van der Waals surface area contributed by atoms with Crippen molar-refractivity contribution in [3.05, 3.63) is 35.3 Å². The SMILES string of the molecule is COc1ccccc1-c1nc(COC(=O)CCN2CCSC2=O)cs1. The predicted octanol–water partition coefficient (Wildman–Crippen LogP) is 3.42. The number of hydrogen-bond acceptors (Lipinski definition) is 7. The quantitative estimate of drug-likeness (QED) is 0.688. The van der Waals surface area contributed by atoms with Crippen molar-refractivity contribution >= 4 is 34.3 Å². The van der Waals surface area contributed by atoms with Crippen molar-refractivity contribution in [1.82, 2.24) is 9.88 Å². The summed E-state index contributed by atoms with van der Waals surface area (Å²) in [5, 5.41) is 2.73. The molecule has 1 saturated heterocycles. The van der Waals surface area contributed by atoms with Gasteiger partial charge in [0.1, 0.15) is 17.4 Å². The molecule has 8 heteroatoms. The van der Waals surface area contributed by atoms with Crippen LogP contribution in [0.1, 0.15) is 12.1 Å². The van der Waals surface area contributed by atoms with Crippen LogP contribution in [0.25, 0.3) is 10.6 Å². The van der Waals surface area contributed by atoms with Gasteiger partial charge in [-0.1, -0.05) is 23.9 Å². The van der Waals surface area contributed by atoms with Gasteiger partial charge in [-0.05, 0) is 12.1 Å². The number of thiazole rings is 1. The normalized spacial score (nSPS) is 14.0. The zero-order chi connectivity index (χ0) is 17.6. The zero-order valence-corrected chi connectivity index (χ0v) is 15.4. The molecule has 1 fully saturated rings. The lowest BCUT2D eigenvalue weighted by Crippen LogP contribution is -2.26. The van der Waals surface area contributed by atoms with Gasteiger partial charge in [0.15, 0.2) is 0 Å². The number of nitrogens with zero attached hydrogens (tertiary/aromatic N) is 2. The molecule has 2 aromatic rings. The van der Waals surface area contributed by atoms with Crippen LogP contribution >= 0.6 is 23.1 Å². The molecule has 0 spiro atoms. The van der Waals surface area contributed by atoms with Crippen LogP contribution in [0, 0.1) is 0 Å². The lowest BCUT2D eigenvalue weighted by atomic mass is 10.2. The number of amides is 1. The number of para-hydroxylation sites is 1. The molecule has 1 aliphatic rings. The molecule has 1 aliphatic heterocycles. The fourth-order valence-electron chi connectivity index (χ4n) is 2.40. The average molecular weight is 378 g/mol. The molecule has 0 atom stereocenters. The number of carbonyl (C=O) groups is 2. The minimum Gasteiger partial charge on any atom is -0.496 e. The average Bonchev–Trinajstić information content (AvgIpc) is 3.27. The summed E-state index contributed by atoms with van der Waals surface area (Å²) >= 11 is 2.77. The fourth-order valence-corrected chi connectivity index (χ4v) is 4.09. The van der Waals surface area contributed by atoms with Crippen LogP contribution in [0.2, 0.25) is 0 Å². The van der Waals surface area contributed by atoms with Crippen LogP contribution in [0.15, 0.2) is 29.6 Å². The van der Waals surface area contributed by atoms with Gasteiger partial charge in [-0.2, -0.15) is 0 Å². The number of aromatic nitrogens is 1. The van der Waals surface area contributed by atoms with Gasteiger partial charge >= 0.3 is 5.97 Å². The summed E-state index contributed by atoms with van der Waals surface area (Å²) in [5.41, 5.74) is 1.62. The lowest BCUT2D eigenvalue weighted by molar-refractivity contribution is -0.145. The Labute approximate surface area is 154 Å². The number of thioether (sulfide) groups is 1. The van der Waals surface area contributed by atoms with E-state index in [-0.39, 0.29) is 24.2 Å². The molecular weight excluding hydrogens is 360 g/mol. The highest BCUT2D eigenvalue weighted by Crippen LogP contribution is 2.32. The molecule has 0 radical (unpaired) electrons. The minimum atomic E-state index is -0.323. The minimum absolute atomic E-state index is 0.0359. The molecule has 0 bridgehead atoms. The van der Waals surface area contributed by atoms with E-state index < -0.39 is 0 Å². The van der Waals surface area contributed by atoms with Gasteiger partial charge < -0.3 is 14.4 Å². The molecule has 6 nitrogen and oxygen atoms in total. The Bertz CT molecular complexity index is 763. The van der Waals surface area contributed by atoms with Crippen molar-refractivity contribution in [2.24, 2.45) is 0 Å². The summed E-state index contributed by atoms with van der Waals surface area (Å²) in [5.74, 6) is 1.23. The van der Waals surface area contributed by atoms with Crippen LogP contribution in [-0.2, 0) is 16.1 Å². The molecule has 3 rings (SSSR count). The van der Waals surface area contributed by atoms with E-state index in [1.54, 1.807) is 12.0 Å². The summed E-state index contributed by atoms with van der Waals surface area (Å²) < 4.78 is 10.6. The Balaban J connectivity index is 1.51. The maximum Gasteiger partial charge on any atom is 0.307 e. The summed E-state index contributed by atoms with van der Waals surface area (Å²) in [6.07, 6.45) is 0.204. The molecule has 0 saturated carbocycles. The Morgan fingerprint density at radius 3 is 2.96 bits per heavy atom. The van der Waals surface area contributed by atoms with Gasteiger partial charge in [-0.3, -0.25) is 9.59 Å². The Morgan fingerprint density at radius 2 is 2.20 bits per heavy atom. The Kier molecular flexibility index (Phi) is 5.93. The highest BCUT2D eigenvalue weighted by atomic mass is 32.2. The summed E-state index contributed by atoms with van der Waals surface area (Å²) in [6, 6.07) is 7.66. The lowest BCUT2D eigenvalue weighted by Gasteiger charge is -2.13. The largest absolute Gasteiger partial charge is 0.496 e. The first kappa shape index (κ1) is 17.8. The van der Waals surface area contributed by atoms with Gasteiger partial charge in [0.05, 0.1) is 24.8 Å². The molecule has 1 aromatic heterocycles. The third-order valence-electron chi connectivity index (χ3n) is 3.70. The first-order chi connectivity index (χ1) is 12.2. The number of esters is 1. The van der Waals surface area contributed by atoms with Gasteiger partial charge in [0.2, 0.25) is 0 Å². The first-order valence-corrected chi connectivity index (χ1v) is 9.69. The highest BCUT2D eigenvalue weighted by molar-refractivity contribution is 8.13. The van der Waals surface area contributed by atoms with E-state index in [0.717, 1.165) is 22.1 Å². The molecule has 2 heterocycles. The number of rotatable bonds is 7. The van der Waals surface area contributed by atoms with Crippen molar-refractivity contribution in [1.29, 1.82) is 0 Å². The van der Waals surface area contributed by atoms with E-state index in [1.807, 2.05) is 29.6 Å². The van der Waals surface area contributed by atoms with E-state index in [0.29, 0.717) is 18.8 Å². The molecule has 1 amide bonds. The van der Waals surface area contributed by atoms with Crippen LogP contribution in [0.5, 0.6) is 5.75 Å². The summed E-state index contributed by atoms with van der Waals surface area (Å²) in [4.78, 5) is 29.5. The van der Waals surface area contributed by atoms with Gasteiger partial charge in [0.25, 0.3) is 5.24 Å². The van der Waals surface area contributed by atoms with Crippen molar-refractivity contribution in [2.75, 3.05) is 26.0 Å². The van der Waals surface area contributed by atoms with Crippen molar-refractivity contribution < 1.29 is 19.1 Å². The second-order valence-electron chi connectivity index (χ2n) is 5.36. The van der Waals surface area contributed by atoms with Gasteiger partial charge in [0, 0.05) is 24.2 Å². The maximum atomic E-state index is 11.8. The molecule has 1 aromatic carbocycles. The fraction of sp³-hybridized carbons (Fsp3) is 0.353. The molecule has 132 valence electrons. The number of carbonyl (C=O) groups excluding carboxylic acids is 2. The Morgan fingerprint density at radius 1 is 1.36 bits per heavy atom. The molecule has 0 N–H and O–H groups in total. The van der Waals surface area contributed by atoms with Crippen molar-refractivity contribution in [2.45, 2.75) is 13.0 Å². The smallest absolute Gasteiger partial charge is 0.307 e. The standard InChI is InChI=1S/C17H18N2O4S2/c1-22-14-5-3-2-4-13(14)16-18-12(11-25-16)10-23-15(20)6-7-19-8-9-24-17(19)21/h2-5,11H,6-10H2,1H3. The topological polar surface area (TPSA) is 68.7 Å². The number of methoxy groups -OCH3 is 1. The van der Waals surface area contributed by atoms with Crippen molar-refractivity contribution in [3.8, 4) is 16.3 Å².